The molecule has 2 N–H and O–H groups in total. The third-order valence-electron chi connectivity index (χ3n) is 2.98. The summed E-state index contributed by atoms with van der Waals surface area (Å²) in [4.78, 5) is 13.3. The first-order valence-corrected chi connectivity index (χ1v) is 6.50. The number of nitrogens with one attached hydrogen (secondary N) is 1. The van der Waals surface area contributed by atoms with E-state index in [0.717, 1.165) is 11.8 Å². The highest BCUT2D eigenvalue weighted by Gasteiger charge is 2.07. The zero-order valence-electron chi connectivity index (χ0n) is 11.9. The number of halogens is 1. The minimum absolute atomic E-state index is 0.0587. The Morgan fingerprint density at radius 3 is 2.43 bits per heavy atom. The standard InChI is InChI=1S/C16H17FN2O2/c1-19(2)16(21)12-3-5-14(6-4-12)18-10-11-7-13(17)9-15(20)8-11/h3-9,18,20H,10H2,1-2H3. The van der Waals surface area contributed by atoms with Gasteiger partial charge < -0.3 is 15.3 Å². The summed E-state index contributed by atoms with van der Waals surface area (Å²) >= 11 is 0. The van der Waals surface area contributed by atoms with Gasteiger partial charge in [-0.3, -0.25) is 4.79 Å². The molecule has 0 aliphatic carbocycles. The average molecular weight is 288 g/mol. The highest BCUT2D eigenvalue weighted by atomic mass is 19.1. The minimum atomic E-state index is -0.473. The molecule has 1 amide bonds. The molecule has 4 nitrogen and oxygen atoms in total. The van der Waals surface area contributed by atoms with E-state index in [9.17, 15) is 14.3 Å². The van der Waals surface area contributed by atoms with E-state index in [0.29, 0.717) is 17.7 Å². The van der Waals surface area contributed by atoms with Gasteiger partial charge in [0.1, 0.15) is 11.6 Å². The minimum Gasteiger partial charge on any atom is -0.508 e. The Balaban J connectivity index is 2.02. The molecule has 2 aromatic carbocycles. The van der Waals surface area contributed by atoms with Gasteiger partial charge in [0, 0.05) is 38.0 Å². The molecule has 0 atom stereocenters. The molecule has 0 saturated heterocycles. The summed E-state index contributed by atoms with van der Waals surface area (Å²) in [5.74, 6) is -0.631. The van der Waals surface area contributed by atoms with E-state index < -0.39 is 5.82 Å². The molecular formula is C16H17FN2O2. The van der Waals surface area contributed by atoms with Crippen molar-refractivity contribution in [1.82, 2.24) is 4.90 Å². The number of aromatic hydroxyl groups is 1. The van der Waals surface area contributed by atoms with Gasteiger partial charge in [0.15, 0.2) is 0 Å². The number of benzene rings is 2. The van der Waals surface area contributed by atoms with Crippen LogP contribution >= 0.6 is 0 Å². The Kier molecular flexibility index (Phi) is 4.42. The van der Waals surface area contributed by atoms with Crippen LogP contribution in [0.5, 0.6) is 5.75 Å². The summed E-state index contributed by atoms with van der Waals surface area (Å²) in [7, 11) is 3.40. The maximum absolute atomic E-state index is 13.1. The molecule has 2 rings (SSSR count). The van der Waals surface area contributed by atoms with E-state index in [4.69, 9.17) is 0 Å². The first-order valence-electron chi connectivity index (χ1n) is 6.50. The van der Waals surface area contributed by atoms with Crippen LogP contribution in [0.15, 0.2) is 42.5 Å². The maximum Gasteiger partial charge on any atom is 0.253 e. The number of carbonyl (C=O) groups is 1. The Labute approximate surface area is 122 Å². The van der Waals surface area contributed by atoms with Gasteiger partial charge in [0.2, 0.25) is 0 Å². The van der Waals surface area contributed by atoms with Gasteiger partial charge in [-0.15, -0.1) is 0 Å². The van der Waals surface area contributed by atoms with Crippen LogP contribution in [0, 0.1) is 5.82 Å². The SMILES string of the molecule is CN(C)C(=O)c1ccc(NCc2cc(O)cc(F)c2)cc1. The van der Waals surface area contributed by atoms with Gasteiger partial charge in [-0.1, -0.05) is 0 Å². The van der Waals surface area contributed by atoms with Crippen molar-refractivity contribution >= 4 is 11.6 Å². The number of hydrogen-bond donors (Lipinski definition) is 2. The maximum atomic E-state index is 13.1. The molecule has 2 aromatic rings. The molecule has 0 fully saturated rings. The van der Waals surface area contributed by atoms with Gasteiger partial charge in [-0.25, -0.2) is 4.39 Å². The molecule has 0 aliphatic heterocycles. The topological polar surface area (TPSA) is 52.6 Å². The van der Waals surface area contributed by atoms with Crippen LogP contribution in [-0.2, 0) is 6.54 Å². The highest BCUT2D eigenvalue weighted by molar-refractivity contribution is 5.94. The summed E-state index contributed by atoms with van der Waals surface area (Å²) in [6.07, 6.45) is 0. The van der Waals surface area contributed by atoms with E-state index in [1.807, 2.05) is 0 Å². The summed E-state index contributed by atoms with van der Waals surface area (Å²) in [5.41, 5.74) is 2.06. The number of phenols is 1. The second-order valence-corrected chi connectivity index (χ2v) is 4.95. The Morgan fingerprint density at radius 1 is 1.19 bits per heavy atom. The summed E-state index contributed by atoms with van der Waals surface area (Å²) < 4.78 is 13.1. The second kappa shape index (κ2) is 6.26. The predicted molar refractivity (Wildman–Crippen MR) is 79.9 cm³/mol. The molecule has 0 unspecified atom stereocenters. The molecule has 0 saturated carbocycles. The second-order valence-electron chi connectivity index (χ2n) is 4.95. The number of rotatable bonds is 4. The highest BCUT2D eigenvalue weighted by Crippen LogP contribution is 2.17. The molecule has 0 radical (unpaired) electrons. The zero-order valence-corrected chi connectivity index (χ0v) is 11.9. The smallest absolute Gasteiger partial charge is 0.253 e. The van der Waals surface area contributed by atoms with E-state index in [1.54, 1.807) is 38.4 Å². The quantitative estimate of drug-likeness (QED) is 0.909. The lowest BCUT2D eigenvalue weighted by Crippen LogP contribution is -2.21. The summed E-state index contributed by atoms with van der Waals surface area (Å²) in [6, 6.07) is 11.0. The van der Waals surface area contributed by atoms with Crippen molar-refractivity contribution in [2.75, 3.05) is 19.4 Å². The van der Waals surface area contributed by atoms with Crippen LogP contribution in [0.1, 0.15) is 15.9 Å². The molecule has 21 heavy (non-hydrogen) atoms. The zero-order chi connectivity index (χ0) is 15.4. The fourth-order valence-corrected chi connectivity index (χ4v) is 1.93. The van der Waals surface area contributed by atoms with Gasteiger partial charge in [-0.2, -0.15) is 0 Å². The predicted octanol–water partition coefficient (Wildman–Crippen LogP) is 2.85. The number of hydrogen-bond acceptors (Lipinski definition) is 3. The van der Waals surface area contributed by atoms with Crippen molar-refractivity contribution in [3.8, 4) is 5.75 Å². The van der Waals surface area contributed by atoms with Crippen molar-refractivity contribution < 1.29 is 14.3 Å². The molecule has 0 spiro atoms. The number of anilines is 1. The van der Waals surface area contributed by atoms with Gasteiger partial charge >= 0.3 is 0 Å². The fourth-order valence-electron chi connectivity index (χ4n) is 1.93. The number of amides is 1. The van der Waals surface area contributed by atoms with Crippen molar-refractivity contribution in [2.45, 2.75) is 6.54 Å². The van der Waals surface area contributed by atoms with Crippen molar-refractivity contribution in [3.05, 3.63) is 59.4 Å². The van der Waals surface area contributed by atoms with Crippen LogP contribution < -0.4 is 5.32 Å². The summed E-state index contributed by atoms with van der Waals surface area (Å²) in [5, 5.41) is 12.4. The van der Waals surface area contributed by atoms with Crippen LogP contribution in [0.4, 0.5) is 10.1 Å². The van der Waals surface area contributed by atoms with Crippen LogP contribution in [0.3, 0.4) is 0 Å². The molecule has 0 bridgehead atoms. The number of carbonyl (C=O) groups excluding carboxylic acids is 1. The van der Waals surface area contributed by atoms with E-state index in [1.165, 1.54) is 17.0 Å². The first kappa shape index (κ1) is 14.8. The molecule has 0 aliphatic rings. The largest absolute Gasteiger partial charge is 0.508 e. The number of phenolic OH excluding ortho intramolecular Hbond substituents is 1. The number of nitrogens with zero attached hydrogens (tertiary/aromatic N) is 1. The Bertz CT molecular complexity index is 619. The van der Waals surface area contributed by atoms with Crippen LogP contribution in [0.25, 0.3) is 0 Å². The normalized spacial score (nSPS) is 10.2. The molecule has 110 valence electrons. The lowest BCUT2D eigenvalue weighted by molar-refractivity contribution is 0.0827. The van der Waals surface area contributed by atoms with E-state index in [-0.39, 0.29) is 11.7 Å². The summed E-state index contributed by atoms with van der Waals surface area (Å²) in [6.45, 7) is 0.381. The Morgan fingerprint density at radius 2 is 1.86 bits per heavy atom. The van der Waals surface area contributed by atoms with Crippen molar-refractivity contribution in [2.24, 2.45) is 0 Å². The third kappa shape index (κ3) is 3.95. The fraction of sp³-hybridized carbons (Fsp3) is 0.188. The first-order chi connectivity index (χ1) is 9.95. The molecular weight excluding hydrogens is 271 g/mol. The monoisotopic (exact) mass is 288 g/mol. The van der Waals surface area contributed by atoms with Crippen molar-refractivity contribution in [3.63, 3.8) is 0 Å². The van der Waals surface area contributed by atoms with Gasteiger partial charge in [-0.05, 0) is 42.0 Å². The molecule has 0 aromatic heterocycles. The van der Waals surface area contributed by atoms with E-state index >= 15 is 0 Å². The lowest BCUT2D eigenvalue weighted by atomic mass is 10.1. The van der Waals surface area contributed by atoms with Crippen LogP contribution in [-0.4, -0.2) is 30.0 Å². The Hall–Kier alpha value is -2.56. The van der Waals surface area contributed by atoms with Crippen LogP contribution in [0.2, 0.25) is 0 Å². The van der Waals surface area contributed by atoms with Gasteiger partial charge in [0.05, 0.1) is 0 Å². The molecule has 5 heteroatoms. The van der Waals surface area contributed by atoms with Gasteiger partial charge in [0.25, 0.3) is 5.91 Å². The lowest BCUT2D eigenvalue weighted by Gasteiger charge is -2.11. The van der Waals surface area contributed by atoms with E-state index in [2.05, 4.69) is 5.32 Å². The molecule has 0 heterocycles. The average Bonchev–Trinajstić information content (AvgIpc) is 2.44. The third-order valence-corrected chi connectivity index (χ3v) is 2.98. The van der Waals surface area contributed by atoms with Crippen molar-refractivity contribution in [1.29, 1.82) is 0 Å².